The van der Waals surface area contributed by atoms with Gasteiger partial charge in [-0.05, 0) is 32.6 Å². The summed E-state index contributed by atoms with van der Waals surface area (Å²) in [6.45, 7) is 3.05. The molecule has 0 spiro atoms. The van der Waals surface area contributed by atoms with Crippen LogP contribution in [0.25, 0.3) is 0 Å². The molecule has 2 aliphatic rings. The van der Waals surface area contributed by atoms with Crippen molar-refractivity contribution in [1.82, 2.24) is 9.03 Å². The molecule has 1 saturated carbocycles. The highest BCUT2D eigenvalue weighted by Gasteiger charge is 2.37. The van der Waals surface area contributed by atoms with E-state index in [1.165, 1.54) is 6.42 Å². The van der Waals surface area contributed by atoms with Crippen molar-refractivity contribution in [2.75, 3.05) is 13.1 Å². The van der Waals surface area contributed by atoms with Gasteiger partial charge in [-0.1, -0.05) is 25.7 Å². The van der Waals surface area contributed by atoms with Crippen molar-refractivity contribution in [2.45, 2.75) is 69.9 Å². The first-order chi connectivity index (χ1) is 8.97. The molecule has 0 bridgehead atoms. The minimum Gasteiger partial charge on any atom is -0.329 e. The Morgan fingerprint density at radius 1 is 1.21 bits per heavy atom. The predicted molar refractivity (Wildman–Crippen MR) is 76.9 cm³/mol. The van der Waals surface area contributed by atoms with Crippen LogP contribution in [0.1, 0.15) is 58.3 Å². The number of rotatable bonds is 4. The fourth-order valence-corrected chi connectivity index (χ4v) is 5.23. The lowest BCUT2D eigenvalue weighted by Gasteiger charge is -2.39. The number of hydrogen-bond donors (Lipinski definition) is 2. The first-order valence-electron chi connectivity index (χ1n) is 7.48. The molecule has 1 unspecified atom stereocenters. The van der Waals surface area contributed by atoms with Crippen LogP contribution >= 0.6 is 0 Å². The van der Waals surface area contributed by atoms with Gasteiger partial charge in [-0.2, -0.15) is 17.4 Å². The van der Waals surface area contributed by atoms with Crippen molar-refractivity contribution in [2.24, 2.45) is 5.73 Å². The van der Waals surface area contributed by atoms with E-state index in [2.05, 4.69) is 4.72 Å². The van der Waals surface area contributed by atoms with Crippen LogP contribution in [0.3, 0.4) is 0 Å². The van der Waals surface area contributed by atoms with Gasteiger partial charge in [0.2, 0.25) is 0 Å². The Morgan fingerprint density at radius 3 is 2.53 bits per heavy atom. The van der Waals surface area contributed by atoms with Gasteiger partial charge in [0.15, 0.2) is 0 Å². The van der Waals surface area contributed by atoms with Gasteiger partial charge >= 0.3 is 0 Å². The van der Waals surface area contributed by atoms with Gasteiger partial charge in [0, 0.05) is 24.7 Å². The lowest BCUT2D eigenvalue weighted by molar-refractivity contribution is 0.237. The number of hydrogen-bond acceptors (Lipinski definition) is 3. The highest BCUT2D eigenvalue weighted by Crippen LogP contribution is 2.29. The van der Waals surface area contributed by atoms with E-state index in [-0.39, 0.29) is 11.6 Å². The van der Waals surface area contributed by atoms with Crippen LogP contribution in [-0.2, 0) is 10.2 Å². The molecule has 5 nitrogen and oxygen atoms in total. The van der Waals surface area contributed by atoms with E-state index in [9.17, 15) is 8.42 Å². The predicted octanol–water partition coefficient (Wildman–Crippen LogP) is 1.36. The molecule has 0 aromatic rings. The topological polar surface area (TPSA) is 75.4 Å². The highest BCUT2D eigenvalue weighted by molar-refractivity contribution is 7.87. The van der Waals surface area contributed by atoms with Gasteiger partial charge in [0.05, 0.1) is 0 Å². The standard InChI is InChI=1S/C13H27N3O2S/c1-13(8-4-2-5-9-13)15-19(17,18)16-10-6-3-7-12(16)11-14/h12,15H,2-11,14H2,1H3. The maximum absolute atomic E-state index is 12.6. The van der Waals surface area contributed by atoms with Crippen molar-refractivity contribution < 1.29 is 8.42 Å². The number of nitrogens with one attached hydrogen (secondary N) is 1. The van der Waals surface area contributed by atoms with Crippen LogP contribution in [0.2, 0.25) is 0 Å². The van der Waals surface area contributed by atoms with Crippen LogP contribution in [0.15, 0.2) is 0 Å². The molecule has 19 heavy (non-hydrogen) atoms. The molecular formula is C13H27N3O2S. The average molecular weight is 289 g/mol. The Labute approximate surface area is 117 Å². The molecule has 1 heterocycles. The molecule has 112 valence electrons. The third-order valence-corrected chi connectivity index (χ3v) is 6.34. The lowest BCUT2D eigenvalue weighted by Crippen LogP contribution is -2.57. The van der Waals surface area contributed by atoms with Gasteiger partial charge < -0.3 is 5.73 Å². The van der Waals surface area contributed by atoms with Crippen LogP contribution in [-0.4, -0.2) is 37.4 Å². The summed E-state index contributed by atoms with van der Waals surface area (Å²) in [7, 11) is -3.40. The summed E-state index contributed by atoms with van der Waals surface area (Å²) in [4.78, 5) is 0. The monoisotopic (exact) mass is 289 g/mol. The molecule has 0 aromatic heterocycles. The molecule has 0 aromatic carbocycles. The van der Waals surface area contributed by atoms with Crippen LogP contribution in [0.4, 0.5) is 0 Å². The van der Waals surface area contributed by atoms with Gasteiger partial charge in [-0.25, -0.2) is 0 Å². The van der Waals surface area contributed by atoms with Crippen LogP contribution in [0, 0.1) is 0 Å². The third-order valence-electron chi connectivity index (χ3n) is 4.49. The Bertz CT molecular complexity index is 391. The second kappa shape index (κ2) is 6.08. The van der Waals surface area contributed by atoms with Gasteiger partial charge in [-0.15, -0.1) is 0 Å². The first-order valence-corrected chi connectivity index (χ1v) is 8.92. The van der Waals surface area contributed by atoms with Crippen LogP contribution in [0.5, 0.6) is 0 Å². The van der Waals surface area contributed by atoms with E-state index in [4.69, 9.17) is 5.73 Å². The van der Waals surface area contributed by atoms with Gasteiger partial charge in [0.1, 0.15) is 0 Å². The van der Waals surface area contributed by atoms with E-state index < -0.39 is 10.2 Å². The fraction of sp³-hybridized carbons (Fsp3) is 1.00. The zero-order valence-corrected chi connectivity index (χ0v) is 12.7. The third kappa shape index (κ3) is 3.68. The average Bonchev–Trinajstić information content (AvgIpc) is 2.38. The molecule has 1 aliphatic heterocycles. The van der Waals surface area contributed by atoms with E-state index in [0.717, 1.165) is 44.9 Å². The van der Waals surface area contributed by atoms with Crippen molar-refractivity contribution in [1.29, 1.82) is 0 Å². The second-order valence-electron chi connectivity index (χ2n) is 6.22. The summed E-state index contributed by atoms with van der Waals surface area (Å²) in [5.74, 6) is 0. The van der Waals surface area contributed by atoms with E-state index in [1.807, 2.05) is 6.92 Å². The molecule has 3 N–H and O–H groups in total. The quantitative estimate of drug-likeness (QED) is 0.820. The largest absolute Gasteiger partial charge is 0.329 e. The summed E-state index contributed by atoms with van der Waals surface area (Å²) in [5, 5.41) is 0. The summed E-state index contributed by atoms with van der Waals surface area (Å²) in [5.41, 5.74) is 5.45. The smallest absolute Gasteiger partial charge is 0.280 e. The zero-order chi connectivity index (χ0) is 13.9. The minimum atomic E-state index is -3.40. The summed E-state index contributed by atoms with van der Waals surface area (Å²) >= 11 is 0. The molecule has 2 fully saturated rings. The van der Waals surface area contributed by atoms with Gasteiger partial charge in [0.25, 0.3) is 10.2 Å². The minimum absolute atomic E-state index is 0.0292. The Balaban J connectivity index is 2.08. The molecule has 0 radical (unpaired) electrons. The number of piperidine rings is 1. The van der Waals surface area contributed by atoms with Crippen molar-refractivity contribution in [3.8, 4) is 0 Å². The number of nitrogens with zero attached hydrogens (tertiary/aromatic N) is 1. The maximum atomic E-state index is 12.6. The molecule has 0 amide bonds. The Hall–Kier alpha value is -0.170. The van der Waals surface area contributed by atoms with E-state index >= 15 is 0 Å². The SMILES string of the molecule is CC1(NS(=O)(=O)N2CCCCC2CN)CCCCC1. The van der Waals surface area contributed by atoms with Crippen LogP contribution < -0.4 is 10.5 Å². The number of nitrogens with two attached hydrogens (primary N) is 1. The summed E-state index contributed by atoms with van der Waals surface area (Å²) in [6.07, 6.45) is 8.21. The lowest BCUT2D eigenvalue weighted by atomic mass is 9.84. The van der Waals surface area contributed by atoms with E-state index in [0.29, 0.717) is 13.1 Å². The molecule has 1 saturated heterocycles. The molecule has 6 heteroatoms. The highest BCUT2D eigenvalue weighted by atomic mass is 32.2. The van der Waals surface area contributed by atoms with Crippen molar-refractivity contribution >= 4 is 10.2 Å². The summed E-state index contributed by atoms with van der Waals surface area (Å²) < 4.78 is 29.7. The second-order valence-corrected chi connectivity index (χ2v) is 7.85. The Morgan fingerprint density at radius 2 is 1.89 bits per heavy atom. The fourth-order valence-electron chi connectivity index (χ4n) is 3.33. The molecule has 1 atom stereocenters. The summed E-state index contributed by atoms with van der Waals surface area (Å²) in [6, 6.07) is -0.0292. The molecular weight excluding hydrogens is 262 g/mol. The van der Waals surface area contributed by atoms with E-state index in [1.54, 1.807) is 4.31 Å². The molecule has 1 aliphatic carbocycles. The Kier molecular flexibility index (Phi) is 4.87. The molecule has 2 rings (SSSR count). The first kappa shape index (κ1) is 15.2. The maximum Gasteiger partial charge on any atom is 0.280 e. The zero-order valence-electron chi connectivity index (χ0n) is 11.9. The normalized spacial score (nSPS) is 29.3. The van der Waals surface area contributed by atoms with Crippen molar-refractivity contribution in [3.05, 3.63) is 0 Å². The van der Waals surface area contributed by atoms with Crippen molar-refractivity contribution in [3.63, 3.8) is 0 Å². The van der Waals surface area contributed by atoms with Gasteiger partial charge in [-0.3, -0.25) is 0 Å².